The summed E-state index contributed by atoms with van der Waals surface area (Å²) < 4.78 is 33.8. The highest BCUT2D eigenvalue weighted by Crippen LogP contribution is 2.39. The molecule has 0 aromatic heterocycles. The molecule has 0 unspecified atom stereocenters. The van der Waals surface area contributed by atoms with Crippen molar-refractivity contribution in [2.24, 2.45) is 0 Å². The summed E-state index contributed by atoms with van der Waals surface area (Å²) in [5.74, 6) is -0.0787. The van der Waals surface area contributed by atoms with Crippen LogP contribution in [0.15, 0.2) is 35.2 Å². The van der Waals surface area contributed by atoms with Crippen molar-refractivity contribution in [2.45, 2.75) is 30.8 Å². The molecule has 1 saturated heterocycles. The normalized spacial score (nSPS) is 20.0. The van der Waals surface area contributed by atoms with Gasteiger partial charge in [0.25, 0.3) is 5.91 Å². The molecule has 1 N–H and O–H groups in total. The van der Waals surface area contributed by atoms with Gasteiger partial charge in [-0.3, -0.25) is 4.79 Å². The van der Waals surface area contributed by atoms with E-state index < -0.39 is 10.0 Å². The Bertz CT molecular complexity index is 949. The third-order valence-electron chi connectivity index (χ3n) is 4.88. The lowest BCUT2D eigenvalue weighted by Crippen LogP contribution is -2.32. The summed E-state index contributed by atoms with van der Waals surface area (Å²) in [7, 11) is -3.68. The number of rotatable bonds is 5. The van der Waals surface area contributed by atoms with Gasteiger partial charge < -0.3 is 9.64 Å². The van der Waals surface area contributed by atoms with E-state index in [-0.39, 0.29) is 23.5 Å². The van der Waals surface area contributed by atoms with E-state index in [2.05, 4.69) is 4.72 Å². The molecule has 0 spiro atoms. The molecular weight excluding hydrogens is 340 g/mol. The fourth-order valence-electron chi connectivity index (χ4n) is 3.65. The number of anilines is 1. The fraction of sp³-hybridized carbons (Fsp3) is 0.389. The van der Waals surface area contributed by atoms with Gasteiger partial charge in [0.2, 0.25) is 10.0 Å². The van der Waals surface area contributed by atoms with Gasteiger partial charge in [-0.05, 0) is 38.0 Å². The number of sulfonamides is 1. The molecule has 2 aromatic carbocycles. The molecular formula is C18H20N2O4S. The number of amides is 1. The van der Waals surface area contributed by atoms with Gasteiger partial charge in [0.1, 0.15) is 0 Å². The predicted molar refractivity (Wildman–Crippen MR) is 95.5 cm³/mol. The molecule has 1 amide bonds. The van der Waals surface area contributed by atoms with E-state index in [1.165, 1.54) is 0 Å². The molecule has 25 heavy (non-hydrogen) atoms. The first-order chi connectivity index (χ1) is 12.0. The van der Waals surface area contributed by atoms with E-state index in [1.54, 1.807) is 35.2 Å². The average Bonchev–Trinajstić information content (AvgIpc) is 3.22. The minimum atomic E-state index is -3.68. The maximum Gasteiger partial charge on any atom is 0.258 e. The van der Waals surface area contributed by atoms with Crippen molar-refractivity contribution in [1.29, 1.82) is 0 Å². The standard InChI is InChI=1S/C18H20N2O4S/c1-2-20-15-8-9-16(13-6-3-7-14(17(13)15)18(20)21)25(22,23)19-11-12-5-4-10-24-12/h3,6-9,12,19H,2,4-5,10-11H2,1H3/t12-/m0/s1. The van der Waals surface area contributed by atoms with Crippen LogP contribution in [0.3, 0.4) is 0 Å². The van der Waals surface area contributed by atoms with Gasteiger partial charge in [-0.25, -0.2) is 13.1 Å². The van der Waals surface area contributed by atoms with Crippen LogP contribution in [0.5, 0.6) is 0 Å². The summed E-state index contributed by atoms with van der Waals surface area (Å²) in [6, 6.07) is 8.55. The Labute approximate surface area is 146 Å². The molecule has 2 aliphatic heterocycles. The van der Waals surface area contributed by atoms with E-state index in [1.807, 2.05) is 6.92 Å². The summed E-state index contributed by atoms with van der Waals surface area (Å²) in [4.78, 5) is 14.4. The van der Waals surface area contributed by atoms with Gasteiger partial charge in [-0.15, -0.1) is 0 Å². The van der Waals surface area contributed by atoms with Gasteiger partial charge in [-0.1, -0.05) is 12.1 Å². The van der Waals surface area contributed by atoms with E-state index in [4.69, 9.17) is 4.74 Å². The number of hydrogen-bond donors (Lipinski definition) is 1. The fourth-order valence-corrected chi connectivity index (χ4v) is 4.92. The second kappa shape index (κ2) is 6.09. The summed E-state index contributed by atoms with van der Waals surface area (Å²) in [5, 5.41) is 1.30. The minimum absolute atomic E-state index is 0.0660. The van der Waals surface area contributed by atoms with Crippen LogP contribution < -0.4 is 9.62 Å². The molecule has 2 aliphatic rings. The summed E-state index contributed by atoms with van der Waals surface area (Å²) in [6.45, 7) is 3.41. The molecule has 132 valence electrons. The zero-order valence-electron chi connectivity index (χ0n) is 14.0. The first-order valence-electron chi connectivity index (χ1n) is 8.52. The van der Waals surface area contributed by atoms with Crippen LogP contribution in [0.1, 0.15) is 30.1 Å². The van der Waals surface area contributed by atoms with Crippen molar-refractivity contribution < 1.29 is 17.9 Å². The molecule has 7 heteroatoms. The van der Waals surface area contributed by atoms with E-state index in [9.17, 15) is 13.2 Å². The highest BCUT2D eigenvalue weighted by atomic mass is 32.2. The first kappa shape index (κ1) is 16.5. The maximum atomic E-state index is 12.8. The molecule has 2 heterocycles. The quantitative estimate of drug-likeness (QED) is 0.888. The van der Waals surface area contributed by atoms with Crippen LogP contribution in [-0.4, -0.2) is 40.1 Å². The number of hydrogen-bond acceptors (Lipinski definition) is 4. The zero-order valence-corrected chi connectivity index (χ0v) is 14.8. The van der Waals surface area contributed by atoms with Crippen LogP contribution >= 0.6 is 0 Å². The Morgan fingerprint density at radius 2 is 2.12 bits per heavy atom. The van der Waals surface area contributed by atoms with Gasteiger partial charge in [-0.2, -0.15) is 0 Å². The summed E-state index contributed by atoms with van der Waals surface area (Å²) >= 11 is 0. The third-order valence-corrected chi connectivity index (χ3v) is 6.36. The highest BCUT2D eigenvalue weighted by molar-refractivity contribution is 7.89. The maximum absolute atomic E-state index is 12.8. The lowest BCUT2D eigenvalue weighted by Gasteiger charge is -2.16. The van der Waals surface area contributed by atoms with Crippen LogP contribution in [0.4, 0.5) is 5.69 Å². The number of nitrogens with one attached hydrogen (secondary N) is 1. The predicted octanol–water partition coefficient (Wildman–Crippen LogP) is 2.28. The molecule has 1 fully saturated rings. The van der Waals surface area contributed by atoms with Crippen LogP contribution in [0.2, 0.25) is 0 Å². The van der Waals surface area contributed by atoms with Gasteiger partial charge in [0.05, 0.1) is 16.7 Å². The van der Waals surface area contributed by atoms with Crippen molar-refractivity contribution in [1.82, 2.24) is 4.72 Å². The Hall–Kier alpha value is -1.96. The molecule has 0 aliphatic carbocycles. The molecule has 6 nitrogen and oxygen atoms in total. The molecule has 0 radical (unpaired) electrons. The number of benzene rings is 2. The average molecular weight is 360 g/mol. The second-order valence-corrected chi connectivity index (χ2v) is 8.08. The molecule has 0 bridgehead atoms. The molecule has 2 aromatic rings. The van der Waals surface area contributed by atoms with Crippen molar-refractivity contribution in [3.63, 3.8) is 0 Å². The van der Waals surface area contributed by atoms with E-state index >= 15 is 0 Å². The van der Waals surface area contributed by atoms with Crippen molar-refractivity contribution in [3.8, 4) is 0 Å². The Morgan fingerprint density at radius 1 is 1.28 bits per heavy atom. The number of ether oxygens (including phenoxy) is 1. The second-order valence-electron chi connectivity index (χ2n) is 6.35. The minimum Gasteiger partial charge on any atom is -0.377 e. The monoisotopic (exact) mass is 360 g/mol. The van der Waals surface area contributed by atoms with Crippen LogP contribution in [0, 0.1) is 0 Å². The highest BCUT2D eigenvalue weighted by Gasteiger charge is 2.31. The SMILES string of the molecule is CCN1C(=O)c2cccc3c(S(=O)(=O)NC[C@@H]4CCCO4)ccc1c23. The van der Waals surface area contributed by atoms with Crippen LogP contribution in [-0.2, 0) is 14.8 Å². The number of nitrogens with zero attached hydrogens (tertiary/aromatic N) is 1. The number of carbonyl (C=O) groups excluding carboxylic acids is 1. The Balaban J connectivity index is 1.76. The van der Waals surface area contributed by atoms with Crippen molar-refractivity contribution in [3.05, 3.63) is 35.9 Å². The lowest BCUT2D eigenvalue weighted by atomic mass is 10.1. The van der Waals surface area contributed by atoms with Crippen molar-refractivity contribution in [2.75, 3.05) is 24.6 Å². The smallest absolute Gasteiger partial charge is 0.258 e. The van der Waals surface area contributed by atoms with E-state index in [0.717, 1.165) is 18.5 Å². The zero-order chi connectivity index (χ0) is 17.6. The largest absolute Gasteiger partial charge is 0.377 e. The Kier molecular flexibility index (Phi) is 4.02. The first-order valence-corrected chi connectivity index (χ1v) is 10.00. The topological polar surface area (TPSA) is 75.7 Å². The summed E-state index contributed by atoms with van der Waals surface area (Å²) in [6.07, 6.45) is 1.76. The molecule has 1 atom stereocenters. The molecule has 4 rings (SSSR count). The van der Waals surface area contributed by atoms with E-state index in [0.29, 0.717) is 29.5 Å². The Morgan fingerprint density at radius 3 is 2.84 bits per heavy atom. The van der Waals surface area contributed by atoms with Gasteiger partial charge in [0, 0.05) is 36.0 Å². The molecule has 0 saturated carbocycles. The van der Waals surface area contributed by atoms with Crippen molar-refractivity contribution >= 4 is 32.4 Å². The third kappa shape index (κ3) is 2.63. The number of carbonyl (C=O) groups is 1. The lowest BCUT2D eigenvalue weighted by molar-refractivity contribution is 0.0994. The van der Waals surface area contributed by atoms with Gasteiger partial charge in [0.15, 0.2) is 0 Å². The van der Waals surface area contributed by atoms with Crippen LogP contribution in [0.25, 0.3) is 10.8 Å². The summed E-state index contributed by atoms with van der Waals surface area (Å²) in [5.41, 5.74) is 1.33. The van der Waals surface area contributed by atoms with Gasteiger partial charge >= 0.3 is 0 Å².